The van der Waals surface area contributed by atoms with Crippen LogP contribution in [0.3, 0.4) is 0 Å². The lowest BCUT2D eigenvalue weighted by atomic mass is 9.95. The van der Waals surface area contributed by atoms with Crippen LogP contribution in [0.15, 0.2) is 66.2 Å². The van der Waals surface area contributed by atoms with Crippen LogP contribution in [0.4, 0.5) is 5.13 Å². The number of Topliss-reactive ketones (excluding diaryl/α,β-unsaturated/α-hetero) is 1. The number of thiazole rings is 1. The standard InChI is InChI=1S/C25H15ClN2O6S/c26-14-4-7-16-19(10-14)35-25(27-16)28-21(12-1-5-15(29)6-2-12)20(23(31)24(28)32)22(30)13-3-8-17-18(9-13)34-11-33-17/h1-10,21,29-30H,11H2/b22-20+. The number of carbonyl (C=O) groups excluding carboxylic acids is 2. The number of benzene rings is 3. The molecule has 0 radical (unpaired) electrons. The van der Waals surface area contributed by atoms with E-state index >= 15 is 0 Å². The van der Waals surface area contributed by atoms with Crippen molar-refractivity contribution in [2.24, 2.45) is 0 Å². The van der Waals surface area contributed by atoms with Gasteiger partial charge in [0.2, 0.25) is 6.79 Å². The third-order valence-electron chi connectivity index (χ3n) is 5.84. The van der Waals surface area contributed by atoms with Crippen molar-refractivity contribution in [2.75, 3.05) is 11.7 Å². The first-order valence-electron chi connectivity index (χ1n) is 10.5. The highest BCUT2D eigenvalue weighted by Gasteiger charge is 2.48. The lowest BCUT2D eigenvalue weighted by molar-refractivity contribution is -0.132. The fourth-order valence-electron chi connectivity index (χ4n) is 4.19. The molecule has 10 heteroatoms. The Kier molecular flexibility index (Phi) is 4.91. The molecule has 1 saturated heterocycles. The molecule has 2 aliphatic heterocycles. The predicted octanol–water partition coefficient (Wildman–Crippen LogP) is 5.01. The minimum absolute atomic E-state index is 0.0242. The van der Waals surface area contributed by atoms with Gasteiger partial charge in [-0.25, -0.2) is 4.98 Å². The number of hydrogen-bond donors (Lipinski definition) is 2. The lowest BCUT2D eigenvalue weighted by Gasteiger charge is -2.23. The van der Waals surface area contributed by atoms with E-state index in [2.05, 4.69) is 4.98 Å². The van der Waals surface area contributed by atoms with E-state index in [0.29, 0.717) is 33.2 Å². The quantitative estimate of drug-likeness (QED) is 0.228. The Morgan fingerprint density at radius 2 is 1.80 bits per heavy atom. The summed E-state index contributed by atoms with van der Waals surface area (Å²) in [5.74, 6) is -1.06. The van der Waals surface area contributed by atoms with E-state index in [4.69, 9.17) is 21.1 Å². The first-order valence-corrected chi connectivity index (χ1v) is 11.7. The number of aromatic hydroxyl groups is 1. The van der Waals surface area contributed by atoms with E-state index in [1.165, 1.54) is 28.4 Å². The Hall–Kier alpha value is -4.08. The average molecular weight is 507 g/mol. The minimum atomic E-state index is -0.975. The molecule has 2 aliphatic rings. The zero-order valence-electron chi connectivity index (χ0n) is 17.8. The molecule has 8 nitrogen and oxygen atoms in total. The number of phenolic OH excluding ortho intramolecular Hbond substituents is 1. The number of aliphatic hydroxyl groups excluding tert-OH is 1. The zero-order chi connectivity index (χ0) is 24.3. The maximum atomic E-state index is 13.3. The second kappa shape index (κ2) is 8.00. The highest BCUT2D eigenvalue weighted by molar-refractivity contribution is 7.22. The Labute approximate surface area is 207 Å². The van der Waals surface area contributed by atoms with Gasteiger partial charge in [-0.15, -0.1) is 0 Å². The Morgan fingerprint density at radius 1 is 1.03 bits per heavy atom. The van der Waals surface area contributed by atoms with Crippen LogP contribution in [0, 0.1) is 0 Å². The van der Waals surface area contributed by atoms with Gasteiger partial charge in [-0.1, -0.05) is 35.1 Å². The number of halogens is 1. The van der Waals surface area contributed by atoms with Crippen molar-refractivity contribution in [2.45, 2.75) is 6.04 Å². The van der Waals surface area contributed by atoms with Crippen LogP contribution in [0.25, 0.3) is 16.0 Å². The largest absolute Gasteiger partial charge is 0.508 e. The first kappa shape index (κ1) is 21.5. The van der Waals surface area contributed by atoms with E-state index in [9.17, 15) is 19.8 Å². The monoisotopic (exact) mass is 506 g/mol. The molecule has 174 valence electrons. The molecule has 6 rings (SSSR count). The summed E-state index contributed by atoms with van der Waals surface area (Å²) in [4.78, 5) is 32.4. The normalized spacial score (nSPS) is 18.5. The first-order chi connectivity index (χ1) is 16.9. The van der Waals surface area contributed by atoms with Crippen molar-refractivity contribution >= 4 is 55.7 Å². The number of ether oxygens (including phenoxy) is 2. The van der Waals surface area contributed by atoms with Crippen molar-refractivity contribution in [3.8, 4) is 17.2 Å². The van der Waals surface area contributed by atoms with Gasteiger partial charge in [0.25, 0.3) is 5.78 Å². The molecular formula is C25H15ClN2O6S. The third-order valence-corrected chi connectivity index (χ3v) is 7.10. The molecule has 1 fully saturated rings. The Morgan fingerprint density at radius 3 is 2.60 bits per heavy atom. The molecule has 1 amide bonds. The van der Waals surface area contributed by atoms with E-state index < -0.39 is 17.7 Å². The number of nitrogens with zero attached hydrogens (tertiary/aromatic N) is 2. The maximum Gasteiger partial charge on any atom is 0.301 e. The number of hydrogen-bond acceptors (Lipinski definition) is 8. The number of aromatic nitrogens is 1. The van der Waals surface area contributed by atoms with Gasteiger partial charge in [-0.3, -0.25) is 14.5 Å². The van der Waals surface area contributed by atoms with E-state index in [1.807, 2.05) is 0 Å². The van der Waals surface area contributed by atoms with Crippen LogP contribution < -0.4 is 14.4 Å². The molecular weight excluding hydrogens is 492 g/mol. The smallest absolute Gasteiger partial charge is 0.301 e. The molecule has 35 heavy (non-hydrogen) atoms. The number of phenols is 1. The van der Waals surface area contributed by atoms with Gasteiger partial charge in [-0.2, -0.15) is 0 Å². The van der Waals surface area contributed by atoms with Crippen LogP contribution >= 0.6 is 22.9 Å². The fourth-order valence-corrected chi connectivity index (χ4v) is 5.46. The van der Waals surface area contributed by atoms with Crippen molar-refractivity contribution in [3.05, 3.63) is 82.4 Å². The highest BCUT2D eigenvalue weighted by atomic mass is 35.5. The van der Waals surface area contributed by atoms with Crippen LogP contribution in [0.2, 0.25) is 5.02 Å². The van der Waals surface area contributed by atoms with Gasteiger partial charge >= 0.3 is 5.91 Å². The molecule has 0 bridgehead atoms. The number of amides is 1. The van der Waals surface area contributed by atoms with Gasteiger partial charge in [0.15, 0.2) is 16.6 Å². The summed E-state index contributed by atoms with van der Waals surface area (Å²) < 4.78 is 11.5. The van der Waals surface area contributed by atoms with Crippen LogP contribution in [0.1, 0.15) is 17.2 Å². The minimum Gasteiger partial charge on any atom is -0.508 e. The van der Waals surface area contributed by atoms with Gasteiger partial charge in [0.1, 0.15) is 11.5 Å². The maximum absolute atomic E-state index is 13.3. The Bertz CT molecular complexity index is 1560. The van der Waals surface area contributed by atoms with Crippen molar-refractivity contribution < 1.29 is 29.3 Å². The molecule has 1 unspecified atom stereocenters. The molecule has 3 aromatic carbocycles. The van der Waals surface area contributed by atoms with Gasteiger partial charge < -0.3 is 19.7 Å². The Balaban J connectivity index is 1.55. The second-order valence-corrected chi connectivity index (χ2v) is 9.38. The molecule has 0 aliphatic carbocycles. The summed E-state index contributed by atoms with van der Waals surface area (Å²) in [5.41, 5.74) is 1.34. The molecule has 4 aromatic rings. The van der Waals surface area contributed by atoms with Crippen molar-refractivity contribution in [1.29, 1.82) is 0 Å². The van der Waals surface area contributed by atoms with Gasteiger partial charge in [0.05, 0.1) is 21.8 Å². The highest BCUT2D eigenvalue weighted by Crippen LogP contribution is 2.45. The number of anilines is 1. The number of rotatable bonds is 3. The van der Waals surface area contributed by atoms with E-state index in [-0.39, 0.29) is 29.0 Å². The average Bonchev–Trinajstić information content (AvgIpc) is 3.55. The van der Waals surface area contributed by atoms with Crippen LogP contribution in [-0.2, 0) is 9.59 Å². The second-order valence-electron chi connectivity index (χ2n) is 7.94. The SMILES string of the molecule is O=C1C(=O)N(c2nc3ccc(Cl)cc3s2)C(c2ccc(O)cc2)/C1=C(\O)c1ccc2c(c1)OCO2. The molecule has 0 saturated carbocycles. The lowest BCUT2D eigenvalue weighted by Crippen LogP contribution is -2.29. The van der Waals surface area contributed by atoms with Gasteiger partial charge in [-0.05, 0) is 54.1 Å². The summed E-state index contributed by atoms with van der Waals surface area (Å²) >= 11 is 7.32. The van der Waals surface area contributed by atoms with E-state index in [1.54, 1.807) is 48.5 Å². The van der Waals surface area contributed by atoms with Crippen LogP contribution in [-0.4, -0.2) is 33.7 Å². The number of fused-ring (bicyclic) bond motifs is 2. The van der Waals surface area contributed by atoms with Crippen molar-refractivity contribution in [3.63, 3.8) is 0 Å². The molecule has 1 atom stereocenters. The molecule has 3 heterocycles. The number of ketones is 1. The summed E-state index contributed by atoms with van der Waals surface area (Å²) in [7, 11) is 0. The number of carbonyl (C=O) groups is 2. The van der Waals surface area contributed by atoms with Crippen molar-refractivity contribution in [1.82, 2.24) is 4.98 Å². The summed E-state index contributed by atoms with van der Waals surface area (Å²) in [6.07, 6.45) is 0. The zero-order valence-corrected chi connectivity index (χ0v) is 19.3. The predicted molar refractivity (Wildman–Crippen MR) is 130 cm³/mol. The number of aliphatic hydroxyl groups is 1. The topological polar surface area (TPSA) is 109 Å². The van der Waals surface area contributed by atoms with Crippen LogP contribution in [0.5, 0.6) is 17.2 Å². The molecule has 2 N–H and O–H groups in total. The summed E-state index contributed by atoms with van der Waals surface area (Å²) in [6.45, 7) is 0.0546. The fraction of sp³-hybridized carbons (Fsp3) is 0.0800. The third kappa shape index (κ3) is 3.48. The van der Waals surface area contributed by atoms with Gasteiger partial charge in [0, 0.05) is 10.6 Å². The summed E-state index contributed by atoms with van der Waals surface area (Å²) in [6, 6.07) is 15.0. The summed E-state index contributed by atoms with van der Waals surface area (Å²) in [5, 5.41) is 21.9. The molecule has 1 aromatic heterocycles. The molecule has 0 spiro atoms. The van der Waals surface area contributed by atoms with E-state index in [0.717, 1.165) is 4.70 Å².